The number of aliphatic hydroxyl groups excluding tert-OH is 5. The van der Waals surface area contributed by atoms with Crippen molar-refractivity contribution in [2.24, 2.45) is 34.5 Å². The minimum atomic E-state index is -1.63. The van der Waals surface area contributed by atoms with E-state index in [-0.39, 0.29) is 34.7 Å². The van der Waals surface area contributed by atoms with Gasteiger partial charge in [-0.3, -0.25) is 0 Å². The van der Waals surface area contributed by atoms with Gasteiger partial charge in [-0.25, -0.2) is 4.79 Å². The van der Waals surface area contributed by atoms with Crippen molar-refractivity contribution in [2.45, 2.75) is 152 Å². The highest BCUT2D eigenvalue weighted by molar-refractivity contribution is 5.85. The van der Waals surface area contributed by atoms with Gasteiger partial charge >= 0.3 is 5.97 Å². The summed E-state index contributed by atoms with van der Waals surface area (Å²) < 4.78 is 35.5. The number of methoxy groups -OCH3 is 1. The molecule has 49 heavy (non-hydrogen) atoms. The molecule has 6 fully saturated rings. The molecular weight excluding hydrogens is 640 g/mol. The molecule has 18 atom stereocenters. The number of hydrogen-bond acceptors (Lipinski definition) is 13. The van der Waals surface area contributed by atoms with E-state index in [0.717, 1.165) is 63.4 Å². The lowest BCUT2D eigenvalue weighted by molar-refractivity contribution is -0.372. The van der Waals surface area contributed by atoms with Gasteiger partial charge in [-0.05, 0) is 99.4 Å². The smallest absolute Gasteiger partial charge is 0.331 e. The van der Waals surface area contributed by atoms with E-state index in [9.17, 15) is 35.4 Å². The van der Waals surface area contributed by atoms with Crippen molar-refractivity contribution in [3.05, 3.63) is 11.6 Å². The number of hydrogen-bond donors (Lipinski definition) is 6. The first-order valence-corrected chi connectivity index (χ1v) is 18.3. The summed E-state index contributed by atoms with van der Waals surface area (Å²) in [5.41, 5.74) is -0.00574. The van der Waals surface area contributed by atoms with E-state index in [2.05, 4.69) is 13.8 Å². The summed E-state index contributed by atoms with van der Waals surface area (Å²) in [5.74, 6) is 0.821. The molecule has 4 aliphatic carbocycles. The van der Waals surface area contributed by atoms with Gasteiger partial charge in [-0.1, -0.05) is 13.8 Å². The monoisotopic (exact) mass is 696 g/mol. The van der Waals surface area contributed by atoms with Gasteiger partial charge in [-0.2, -0.15) is 0 Å². The van der Waals surface area contributed by atoms with E-state index in [1.165, 1.54) is 7.11 Å². The number of carbonyl (C=O) groups excluding carboxylic acids is 1. The standard InChI is InChI=1S/C36H56O13/c1-17-26(39)30(44-4)31(49-32-29(42)28(41)27(40)24(15-37)48-32)33(46-17)47-20-7-10-34(2)19(14-20)5-6-23-22(34)8-11-35(3)21(9-12-36(23,35)43)18-13-25(38)45-16-18/h13,17,19-24,26-33,37,39-43H,5-12,14-16H2,1-4H3/t17-,19-,20?,21?,22?,23?,24-,26+,27-,28+,29-,30+,31-,32-,33+,34+,35-,36+/m1/s1. The van der Waals surface area contributed by atoms with Gasteiger partial charge in [0.25, 0.3) is 0 Å². The number of esters is 1. The van der Waals surface area contributed by atoms with Crippen LogP contribution in [0.4, 0.5) is 0 Å². The Balaban J connectivity index is 1.05. The van der Waals surface area contributed by atoms with Crippen molar-refractivity contribution in [3.8, 4) is 0 Å². The molecule has 7 rings (SSSR count). The van der Waals surface area contributed by atoms with E-state index >= 15 is 0 Å². The van der Waals surface area contributed by atoms with Gasteiger partial charge in [-0.15, -0.1) is 0 Å². The van der Waals surface area contributed by atoms with E-state index in [0.29, 0.717) is 18.4 Å². The van der Waals surface area contributed by atoms with E-state index in [1.54, 1.807) is 13.0 Å². The molecule has 0 bridgehead atoms. The maximum absolute atomic E-state index is 12.6. The van der Waals surface area contributed by atoms with Crippen LogP contribution in [0.3, 0.4) is 0 Å². The third kappa shape index (κ3) is 5.74. The molecule has 0 aromatic carbocycles. The summed E-state index contributed by atoms with van der Waals surface area (Å²) in [7, 11) is 1.44. The van der Waals surface area contributed by atoms with Crippen LogP contribution in [0.15, 0.2) is 11.6 Å². The third-order valence-electron chi connectivity index (χ3n) is 14.4. The number of cyclic esters (lactones) is 1. The van der Waals surface area contributed by atoms with Gasteiger partial charge in [0.05, 0.1) is 24.4 Å². The summed E-state index contributed by atoms with van der Waals surface area (Å²) >= 11 is 0. The molecule has 3 aliphatic heterocycles. The normalized spacial score (nSPS) is 54.4. The Kier molecular flexibility index (Phi) is 9.82. The van der Waals surface area contributed by atoms with Crippen LogP contribution in [0, 0.1) is 34.5 Å². The van der Waals surface area contributed by atoms with Crippen LogP contribution >= 0.6 is 0 Å². The summed E-state index contributed by atoms with van der Waals surface area (Å²) in [6.07, 6.45) is -2.68. The van der Waals surface area contributed by atoms with Crippen LogP contribution in [0.1, 0.15) is 78.6 Å². The van der Waals surface area contributed by atoms with E-state index < -0.39 is 73.6 Å². The number of aliphatic hydroxyl groups is 6. The molecular formula is C36H56O13. The molecule has 0 radical (unpaired) electrons. The summed E-state index contributed by atoms with van der Waals surface area (Å²) in [4.78, 5) is 11.9. The first-order chi connectivity index (χ1) is 23.3. The second-order valence-electron chi connectivity index (χ2n) is 16.5. The Labute approximate surface area is 287 Å². The molecule has 3 heterocycles. The lowest BCUT2D eigenvalue weighted by Gasteiger charge is -2.64. The fourth-order valence-electron chi connectivity index (χ4n) is 11.5. The van der Waals surface area contributed by atoms with Gasteiger partial charge in [0.1, 0.15) is 49.3 Å². The Bertz CT molecular complexity index is 1260. The molecule has 13 heteroatoms. The number of ether oxygens (including phenoxy) is 6. The molecule has 278 valence electrons. The van der Waals surface area contributed by atoms with Crippen molar-refractivity contribution in [3.63, 3.8) is 0 Å². The topological polar surface area (TPSA) is 194 Å². The Hall–Kier alpha value is -1.23. The van der Waals surface area contributed by atoms with Crippen molar-refractivity contribution in [2.75, 3.05) is 20.3 Å². The van der Waals surface area contributed by atoms with Crippen LogP contribution in [-0.4, -0.2) is 130 Å². The van der Waals surface area contributed by atoms with Crippen molar-refractivity contribution >= 4 is 5.97 Å². The Morgan fingerprint density at radius 3 is 2.33 bits per heavy atom. The molecule has 4 saturated carbocycles. The van der Waals surface area contributed by atoms with Crippen LogP contribution in [0.5, 0.6) is 0 Å². The fraction of sp³-hybridized carbons (Fsp3) is 0.917. The maximum atomic E-state index is 12.6. The highest BCUT2D eigenvalue weighted by atomic mass is 16.8. The molecule has 0 amide bonds. The van der Waals surface area contributed by atoms with Crippen LogP contribution in [-0.2, 0) is 33.2 Å². The van der Waals surface area contributed by atoms with Gasteiger partial charge in [0.2, 0.25) is 0 Å². The van der Waals surface area contributed by atoms with E-state index in [4.69, 9.17) is 28.4 Å². The van der Waals surface area contributed by atoms with Crippen molar-refractivity contribution < 1.29 is 63.9 Å². The maximum Gasteiger partial charge on any atom is 0.331 e. The molecule has 0 spiro atoms. The SMILES string of the molecule is CO[C@H]1[C@@H](O)[C@@H](C)O[C@@H](OC2CC[C@]3(C)C4CC[C@]5(C)C(C6=CC(=O)OC6)CC[C@]5(O)C4CC[C@@H]3C2)[C@@H]1O[C@H]1O[C@H](CO)[C@@H](O)[C@H](O)[C@H]1O. The highest BCUT2D eigenvalue weighted by Gasteiger charge is 2.68. The quantitative estimate of drug-likeness (QED) is 0.163. The first kappa shape index (κ1) is 36.1. The predicted octanol–water partition coefficient (Wildman–Crippen LogP) is 0.934. The predicted molar refractivity (Wildman–Crippen MR) is 170 cm³/mol. The second-order valence-corrected chi connectivity index (χ2v) is 16.5. The van der Waals surface area contributed by atoms with Gasteiger partial charge in [0.15, 0.2) is 12.6 Å². The summed E-state index contributed by atoms with van der Waals surface area (Å²) in [6, 6.07) is 0. The summed E-state index contributed by atoms with van der Waals surface area (Å²) in [5, 5.41) is 64.5. The third-order valence-corrected chi connectivity index (χ3v) is 14.4. The second kappa shape index (κ2) is 13.3. The molecule has 4 unspecified atom stereocenters. The minimum Gasteiger partial charge on any atom is -0.458 e. The molecule has 7 aliphatic rings. The molecule has 0 aromatic rings. The average Bonchev–Trinajstić information content (AvgIpc) is 3.62. The number of carbonyl (C=O) groups is 1. The number of rotatable bonds is 7. The molecule has 0 aromatic heterocycles. The minimum absolute atomic E-state index is 0.0296. The van der Waals surface area contributed by atoms with Crippen molar-refractivity contribution in [1.82, 2.24) is 0 Å². The first-order valence-electron chi connectivity index (χ1n) is 18.3. The van der Waals surface area contributed by atoms with Crippen LogP contribution in [0.2, 0.25) is 0 Å². The highest BCUT2D eigenvalue weighted by Crippen LogP contribution is 2.70. The molecule has 13 nitrogen and oxygen atoms in total. The van der Waals surface area contributed by atoms with Crippen LogP contribution < -0.4 is 0 Å². The van der Waals surface area contributed by atoms with Crippen molar-refractivity contribution in [1.29, 1.82) is 0 Å². The lowest BCUT2D eigenvalue weighted by atomic mass is 9.43. The zero-order valence-electron chi connectivity index (χ0n) is 29.1. The fourth-order valence-corrected chi connectivity index (χ4v) is 11.5. The van der Waals surface area contributed by atoms with Gasteiger partial charge < -0.3 is 59.1 Å². The Morgan fingerprint density at radius 2 is 1.63 bits per heavy atom. The van der Waals surface area contributed by atoms with E-state index in [1.807, 2.05) is 0 Å². The average molecular weight is 697 g/mol. The molecule has 6 N–H and O–H groups in total. The zero-order valence-corrected chi connectivity index (χ0v) is 29.1. The molecule has 2 saturated heterocycles. The number of fused-ring (bicyclic) bond motifs is 5. The lowest BCUT2D eigenvalue weighted by Crippen LogP contribution is -2.65. The van der Waals surface area contributed by atoms with Crippen LogP contribution in [0.25, 0.3) is 0 Å². The Morgan fingerprint density at radius 1 is 0.857 bits per heavy atom. The zero-order chi connectivity index (χ0) is 35.0. The largest absolute Gasteiger partial charge is 0.458 e. The van der Waals surface area contributed by atoms with Gasteiger partial charge in [0, 0.05) is 18.6 Å². The summed E-state index contributed by atoms with van der Waals surface area (Å²) in [6.45, 7) is 6.10.